The Balaban J connectivity index is 1.21. The Kier molecular flexibility index (Phi) is 8.56. The van der Waals surface area contributed by atoms with Crippen LogP contribution >= 0.6 is 0 Å². The van der Waals surface area contributed by atoms with Crippen molar-refractivity contribution in [2.45, 2.75) is 91.0 Å². The van der Waals surface area contributed by atoms with Crippen molar-refractivity contribution in [3.63, 3.8) is 0 Å². The molecule has 1 aromatic heterocycles. The largest absolute Gasteiger partial charge is 0.444 e. The molecule has 252 valence electrons. The highest BCUT2D eigenvalue weighted by Gasteiger charge is 2.51. The molecule has 0 saturated heterocycles. The third-order valence-electron chi connectivity index (χ3n) is 9.52. The van der Waals surface area contributed by atoms with E-state index in [2.05, 4.69) is 21.7 Å². The number of carbonyl (C=O) groups is 4. The number of hydrogen-bond donors (Lipinski definition) is 2. The Hall–Kier alpha value is -4.73. The van der Waals surface area contributed by atoms with Gasteiger partial charge in [-0.1, -0.05) is 51.1 Å². The number of aldehydes is 1. The van der Waals surface area contributed by atoms with Crippen LogP contribution in [0.2, 0.25) is 0 Å². The number of nitrogens with one attached hydrogen (secondary N) is 2. The molecule has 2 aliphatic heterocycles. The number of anilines is 2. The van der Waals surface area contributed by atoms with Gasteiger partial charge in [-0.3, -0.25) is 9.59 Å². The van der Waals surface area contributed by atoms with Crippen LogP contribution in [-0.4, -0.2) is 63.7 Å². The van der Waals surface area contributed by atoms with Crippen LogP contribution in [-0.2, 0) is 56.9 Å². The van der Waals surface area contributed by atoms with Crippen LogP contribution in [0.1, 0.15) is 74.9 Å². The summed E-state index contributed by atoms with van der Waals surface area (Å²) < 4.78 is 5.65. The summed E-state index contributed by atoms with van der Waals surface area (Å²) in [4.78, 5) is 60.4. The van der Waals surface area contributed by atoms with Crippen LogP contribution in [0, 0.1) is 5.41 Å². The first-order chi connectivity index (χ1) is 22.7. The highest BCUT2D eigenvalue weighted by molar-refractivity contribution is 6.06. The van der Waals surface area contributed by atoms with E-state index in [0.717, 1.165) is 45.4 Å². The number of fused-ring (bicyclic) bond motifs is 4. The monoisotopic (exact) mass is 651 g/mol. The van der Waals surface area contributed by atoms with E-state index in [9.17, 15) is 19.2 Å². The smallest absolute Gasteiger partial charge is 0.410 e. The molecule has 1 spiro atoms. The highest BCUT2D eigenvalue weighted by Crippen LogP contribution is 2.47. The maximum atomic E-state index is 13.9. The van der Waals surface area contributed by atoms with Gasteiger partial charge in [0, 0.05) is 49.0 Å². The first-order valence-corrected chi connectivity index (χ1v) is 16.6. The molecule has 0 fully saturated rings. The molecule has 0 radical (unpaired) electrons. The van der Waals surface area contributed by atoms with E-state index in [-0.39, 0.29) is 31.0 Å². The van der Waals surface area contributed by atoms with Gasteiger partial charge in [-0.15, -0.1) is 0 Å². The van der Waals surface area contributed by atoms with Crippen molar-refractivity contribution in [2.75, 3.05) is 23.7 Å². The van der Waals surface area contributed by atoms with Crippen molar-refractivity contribution in [1.82, 2.24) is 14.8 Å². The summed E-state index contributed by atoms with van der Waals surface area (Å²) in [6.45, 7) is 12.5. The van der Waals surface area contributed by atoms with Crippen LogP contribution < -0.4 is 10.6 Å². The van der Waals surface area contributed by atoms with Gasteiger partial charge in [0.05, 0.1) is 5.41 Å². The Morgan fingerprint density at radius 2 is 1.83 bits per heavy atom. The van der Waals surface area contributed by atoms with Crippen LogP contribution in [0.3, 0.4) is 0 Å². The molecule has 1 aliphatic carbocycles. The SMILES string of the molecule is CC(C)(C)OC(=O)N1CCc2cccc(CN(C(=O)C(C)(C)C)C(C=O)CNc3ccc4c(c3)CC3(C4)C(=O)Nc4ncccc43)c2C1. The number of benzene rings is 2. The summed E-state index contributed by atoms with van der Waals surface area (Å²) in [5.74, 6) is 0.453. The zero-order valence-corrected chi connectivity index (χ0v) is 28.7. The molecule has 6 rings (SSSR count). The summed E-state index contributed by atoms with van der Waals surface area (Å²) in [6, 6.07) is 15.1. The topological polar surface area (TPSA) is 121 Å². The van der Waals surface area contributed by atoms with E-state index in [0.29, 0.717) is 38.2 Å². The molecule has 3 amide bonds. The maximum absolute atomic E-state index is 13.9. The lowest BCUT2D eigenvalue weighted by Crippen LogP contribution is -2.49. The standard InChI is InChI=1S/C38H45N5O5/c1-36(2,3)34(46)43(21-26-10-7-9-24-14-16-42(22-30(24)26)35(47)48-37(4,5)6)29(23-44)20-40-28-13-12-25-18-38(19-27(25)17-28)31-11-8-15-39-32(31)41-33(38)45/h7-13,15,17,23,29,40H,14,16,18-22H2,1-6H3,(H,39,41,45). The van der Waals surface area contributed by atoms with Crippen molar-refractivity contribution in [1.29, 1.82) is 0 Å². The van der Waals surface area contributed by atoms with Crippen LogP contribution in [0.15, 0.2) is 54.7 Å². The molecule has 48 heavy (non-hydrogen) atoms. The molecule has 10 heteroatoms. The Morgan fingerprint density at radius 1 is 1.06 bits per heavy atom. The first-order valence-electron chi connectivity index (χ1n) is 16.6. The predicted molar refractivity (Wildman–Crippen MR) is 184 cm³/mol. The Morgan fingerprint density at radius 3 is 2.56 bits per heavy atom. The van der Waals surface area contributed by atoms with Crippen molar-refractivity contribution < 1.29 is 23.9 Å². The van der Waals surface area contributed by atoms with Gasteiger partial charge >= 0.3 is 6.09 Å². The summed E-state index contributed by atoms with van der Waals surface area (Å²) in [5, 5.41) is 6.36. The van der Waals surface area contributed by atoms with Crippen LogP contribution in [0.4, 0.5) is 16.3 Å². The first kappa shape index (κ1) is 33.2. The highest BCUT2D eigenvalue weighted by atomic mass is 16.6. The van der Waals surface area contributed by atoms with Crippen molar-refractivity contribution in [3.05, 3.63) is 88.1 Å². The van der Waals surface area contributed by atoms with Crippen molar-refractivity contribution in [3.8, 4) is 0 Å². The molecule has 10 nitrogen and oxygen atoms in total. The second kappa shape index (κ2) is 12.4. The van der Waals surface area contributed by atoms with Gasteiger partial charge in [-0.05, 0) is 86.1 Å². The van der Waals surface area contributed by atoms with Gasteiger partial charge in [-0.2, -0.15) is 0 Å². The number of carbonyl (C=O) groups excluding carboxylic acids is 4. The molecule has 2 N–H and O–H groups in total. The van der Waals surface area contributed by atoms with Gasteiger partial charge in [0.25, 0.3) is 0 Å². The van der Waals surface area contributed by atoms with E-state index in [1.807, 2.05) is 84.0 Å². The lowest BCUT2D eigenvalue weighted by atomic mass is 9.79. The number of ether oxygens (including phenoxy) is 1. The van der Waals surface area contributed by atoms with Gasteiger partial charge in [0.1, 0.15) is 23.7 Å². The van der Waals surface area contributed by atoms with Gasteiger partial charge in [-0.25, -0.2) is 9.78 Å². The van der Waals surface area contributed by atoms with Crippen molar-refractivity contribution in [2.24, 2.45) is 5.41 Å². The third-order valence-corrected chi connectivity index (χ3v) is 9.52. The van der Waals surface area contributed by atoms with E-state index in [1.165, 1.54) is 0 Å². The van der Waals surface area contributed by atoms with E-state index < -0.39 is 22.5 Å². The Labute approximate surface area is 282 Å². The average Bonchev–Trinajstić information content (AvgIpc) is 3.55. The molecule has 3 aliphatic rings. The molecule has 0 bridgehead atoms. The molecular formula is C38H45N5O5. The van der Waals surface area contributed by atoms with Crippen LogP contribution in [0.5, 0.6) is 0 Å². The minimum absolute atomic E-state index is 0.0309. The molecule has 2 aromatic carbocycles. The number of pyridine rings is 1. The van der Waals surface area contributed by atoms with E-state index >= 15 is 0 Å². The zero-order valence-electron chi connectivity index (χ0n) is 28.7. The minimum Gasteiger partial charge on any atom is -0.444 e. The average molecular weight is 652 g/mol. The molecule has 2 unspecified atom stereocenters. The van der Waals surface area contributed by atoms with E-state index in [4.69, 9.17) is 4.74 Å². The minimum atomic E-state index is -0.753. The fourth-order valence-corrected chi connectivity index (χ4v) is 7.07. The number of aromatic nitrogens is 1. The fraction of sp³-hybridized carbons (Fsp3) is 0.447. The fourth-order valence-electron chi connectivity index (χ4n) is 7.07. The van der Waals surface area contributed by atoms with Gasteiger partial charge in [0.15, 0.2) is 0 Å². The van der Waals surface area contributed by atoms with Crippen LogP contribution in [0.25, 0.3) is 0 Å². The van der Waals surface area contributed by atoms with E-state index in [1.54, 1.807) is 16.0 Å². The molecule has 3 heterocycles. The van der Waals surface area contributed by atoms with Crippen molar-refractivity contribution >= 4 is 35.7 Å². The van der Waals surface area contributed by atoms with Gasteiger partial charge < -0.3 is 30.0 Å². The number of nitrogens with zero attached hydrogens (tertiary/aromatic N) is 3. The second-order valence-corrected chi connectivity index (χ2v) is 15.2. The molecule has 3 aromatic rings. The zero-order chi connectivity index (χ0) is 34.4. The summed E-state index contributed by atoms with van der Waals surface area (Å²) in [5.41, 5.74) is 4.93. The van der Waals surface area contributed by atoms with Gasteiger partial charge in [0.2, 0.25) is 11.8 Å². The molecular weight excluding hydrogens is 606 g/mol. The number of amides is 3. The summed E-state index contributed by atoms with van der Waals surface area (Å²) in [7, 11) is 0. The summed E-state index contributed by atoms with van der Waals surface area (Å²) in [6.07, 6.45) is 3.99. The number of hydrogen-bond acceptors (Lipinski definition) is 7. The predicted octanol–water partition coefficient (Wildman–Crippen LogP) is 5.42. The lowest BCUT2D eigenvalue weighted by molar-refractivity contribution is -0.144. The molecule has 0 saturated carbocycles. The lowest BCUT2D eigenvalue weighted by Gasteiger charge is -2.36. The summed E-state index contributed by atoms with van der Waals surface area (Å²) >= 11 is 0. The normalized spacial score (nSPS) is 18.8. The second-order valence-electron chi connectivity index (χ2n) is 15.2. The third kappa shape index (κ3) is 6.40. The molecule has 2 atom stereocenters. The number of rotatable bonds is 7. The quantitative estimate of drug-likeness (QED) is 0.328. The maximum Gasteiger partial charge on any atom is 0.410 e. The Bertz CT molecular complexity index is 1770.